The van der Waals surface area contributed by atoms with E-state index in [2.05, 4.69) is 51.3 Å². The summed E-state index contributed by atoms with van der Waals surface area (Å²) in [5.41, 5.74) is 3.39. The summed E-state index contributed by atoms with van der Waals surface area (Å²) in [6, 6.07) is 16.3. The highest BCUT2D eigenvalue weighted by Crippen LogP contribution is 2.24. The van der Waals surface area contributed by atoms with E-state index in [1.807, 2.05) is 38.4 Å². The summed E-state index contributed by atoms with van der Waals surface area (Å²) < 4.78 is 0. The van der Waals surface area contributed by atoms with Crippen LogP contribution >= 0.6 is 11.6 Å². The monoisotopic (exact) mass is 414 g/mol. The molecule has 156 valence electrons. The molecule has 2 aromatic carbocycles. The normalized spacial score (nSPS) is 16.4. The zero-order chi connectivity index (χ0) is 20.8. The summed E-state index contributed by atoms with van der Waals surface area (Å²) in [5, 5.41) is 3.84. The maximum absolute atomic E-state index is 12.5. The molecule has 1 fully saturated rings. The van der Waals surface area contributed by atoms with Gasteiger partial charge >= 0.3 is 0 Å². The molecular weight excluding hydrogens is 384 g/mol. The van der Waals surface area contributed by atoms with E-state index in [1.54, 1.807) is 0 Å². The molecule has 1 aliphatic heterocycles. The maximum Gasteiger partial charge on any atom is 0.224 e. The Balaban J connectivity index is 1.67. The van der Waals surface area contributed by atoms with E-state index in [4.69, 9.17) is 11.6 Å². The Bertz CT molecular complexity index is 784. The molecule has 3 rings (SSSR count). The maximum atomic E-state index is 12.5. The van der Waals surface area contributed by atoms with Crippen molar-refractivity contribution in [1.82, 2.24) is 15.1 Å². The SMILES string of the molecule is CN1CCN(C(CNC(=O)Cc2ccc(Cl)cc2)c2ccc(N(C)C)cc2)CC1. The van der Waals surface area contributed by atoms with Gasteiger partial charge in [-0.15, -0.1) is 0 Å². The average molecular weight is 415 g/mol. The number of benzene rings is 2. The van der Waals surface area contributed by atoms with Gasteiger partial charge in [0.25, 0.3) is 0 Å². The van der Waals surface area contributed by atoms with Crippen LogP contribution in [0.25, 0.3) is 0 Å². The molecule has 2 aromatic rings. The van der Waals surface area contributed by atoms with E-state index in [1.165, 1.54) is 11.3 Å². The number of hydrogen-bond acceptors (Lipinski definition) is 4. The minimum absolute atomic E-state index is 0.0383. The first-order valence-electron chi connectivity index (χ1n) is 10.1. The summed E-state index contributed by atoms with van der Waals surface area (Å²) >= 11 is 5.93. The van der Waals surface area contributed by atoms with Gasteiger partial charge in [-0.1, -0.05) is 35.9 Å². The summed E-state index contributed by atoms with van der Waals surface area (Å²) in [4.78, 5) is 19.5. The third-order valence-corrected chi connectivity index (χ3v) is 5.80. The number of likely N-dealkylation sites (N-methyl/N-ethyl adjacent to an activating group) is 1. The molecule has 0 bridgehead atoms. The van der Waals surface area contributed by atoms with E-state index in [0.29, 0.717) is 18.0 Å². The number of nitrogens with one attached hydrogen (secondary N) is 1. The van der Waals surface area contributed by atoms with Crippen LogP contribution in [0.5, 0.6) is 0 Å². The van der Waals surface area contributed by atoms with Gasteiger partial charge in [-0.3, -0.25) is 9.69 Å². The van der Waals surface area contributed by atoms with Crippen molar-refractivity contribution < 1.29 is 4.79 Å². The zero-order valence-corrected chi connectivity index (χ0v) is 18.3. The molecule has 6 heteroatoms. The Kier molecular flexibility index (Phi) is 7.53. The Hall–Kier alpha value is -2.08. The smallest absolute Gasteiger partial charge is 0.224 e. The van der Waals surface area contributed by atoms with Gasteiger partial charge in [-0.05, 0) is 42.4 Å². The van der Waals surface area contributed by atoms with Crippen LogP contribution < -0.4 is 10.2 Å². The van der Waals surface area contributed by atoms with Crippen LogP contribution in [-0.2, 0) is 11.2 Å². The summed E-state index contributed by atoms with van der Waals surface area (Å²) in [6.45, 7) is 4.71. The van der Waals surface area contributed by atoms with Crippen LogP contribution in [0.3, 0.4) is 0 Å². The number of anilines is 1. The fourth-order valence-corrected chi connectivity index (χ4v) is 3.77. The highest BCUT2D eigenvalue weighted by Gasteiger charge is 2.24. The second kappa shape index (κ2) is 10.1. The fraction of sp³-hybridized carbons (Fsp3) is 0.435. The molecule has 0 aliphatic carbocycles. The first-order valence-corrected chi connectivity index (χ1v) is 10.5. The molecule has 0 spiro atoms. The van der Waals surface area contributed by atoms with Crippen LogP contribution in [0.15, 0.2) is 48.5 Å². The fourth-order valence-electron chi connectivity index (χ4n) is 3.65. The summed E-state index contributed by atoms with van der Waals surface area (Å²) in [5.74, 6) is 0.0383. The molecule has 1 amide bonds. The van der Waals surface area contributed by atoms with Crippen LogP contribution in [0.2, 0.25) is 5.02 Å². The van der Waals surface area contributed by atoms with Crippen molar-refractivity contribution in [3.8, 4) is 0 Å². The van der Waals surface area contributed by atoms with Crippen LogP contribution in [-0.4, -0.2) is 69.6 Å². The predicted octanol–water partition coefficient (Wildman–Crippen LogP) is 3.05. The molecule has 1 saturated heterocycles. The first kappa shape index (κ1) is 21.6. The van der Waals surface area contributed by atoms with E-state index < -0.39 is 0 Å². The number of nitrogens with zero attached hydrogens (tertiary/aromatic N) is 3. The highest BCUT2D eigenvalue weighted by atomic mass is 35.5. The van der Waals surface area contributed by atoms with Crippen LogP contribution in [0, 0.1) is 0 Å². The van der Waals surface area contributed by atoms with E-state index in [9.17, 15) is 4.79 Å². The zero-order valence-electron chi connectivity index (χ0n) is 17.6. The number of rotatable bonds is 7. The topological polar surface area (TPSA) is 38.8 Å². The standard InChI is InChI=1S/C23H31ClN4O/c1-26(2)21-10-6-19(7-11-21)22(28-14-12-27(3)13-15-28)17-25-23(29)16-18-4-8-20(24)9-5-18/h4-11,22H,12-17H2,1-3H3,(H,25,29). The quantitative estimate of drug-likeness (QED) is 0.755. The van der Waals surface area contributed by atoms with E-state index >= 15 is 0 Å². The van der Waals surface area contributed by atoms with Gasteiger partial charge in [-0.2, -0.15) is 0 Å². The third-order valence-electron chi connectivity index (χ3n) is 5.54. The molecule has 0 aromatic heterocycles. The van der Waals surface area contributed by atoms with Crippen molar-refractivity contribution in [2.75, 3.05) is 58.8 Å². The third kappa shape index (κ3) is 6.20. The Morgan fingerprint density at radius 1 is 1.03 bits per heavy atom. The van der Waals surface area contributed by atoms with Crippen LogP contribution in [0.1, 0.15) is 17.2 Å². The van der Waals surface area contributed by atoms with Gasteiger partial charge in [-0.25, -0.2) is 0 Å². The van der Waals surface area contributed by atoms with Gasteiger partial charge < -0.3 is 15.1 Å². The molecule has 29 heavy (non-hydrogen) atoms. The van der Waals surface area contributed by atoms with Crippen molar-refractivity contribution in [3.63, 3.8) is 0 Å². The van der Waals surface area contributed by atoms with E-state index in [0.717, 1.165) is 31.7 Å². The molecule has 1 heterocycles. The molecule has 1 aliphatic rings. The second-order valence-corrected chi connectivity index (χ2v) is 8.38. The van der Waals surface area contributed by atoms with Gasteiger partial charge in [0.15, 0.2) is 0 Å². The van der Waals surface area contributed by atoms with Crippen molar-refractivity contribution in [2.24, 2.45) is 0 Å². The van der Waals surface area contributed by atoms with Gasteiger partial charge in [0.05, 0.1) is 12.5 Å². The lowest BCUT2D eigenvalue weighted by atomic mass is 10.0. The molecule has 1 atom stereocenters. The van der Waals surface area contributed by atoms with Gasteiger partial charge in [0.1, 0.15) is 0 Å². The Morgan fingerprint density at radius 3 is 2.24 bits per heavy atom. The molecule has 0 saturated carbocycles. The second-order valence-electron chi connectivity index (χ2n) is 7.95. The minimum Gasteiger partial charge on any atom is -0.378 e. The van der Waals surface area contributed by atoms with Crippen molar-refractivity contribution in [3.05, 3.63) is 64.7 Å². The van der Waals surface area contributed by atoms with Crippen molar-refractivity contribution >= 4 is 23.2 Å². The molecule has 0 radical (unpaired) electrons. The van der Waals surface area contributed by atoms with Gasteiger partial charge in [0.2, 0.25) is 5.91 Å². The van der Waals surface area contributed by atoms with Gasteiger partial charge in [0, 0.05) is 57.5 Å². The lowest BCUT2D eigenvalue weighted by molar-refractivity contribution is -0.120. The van der Waals surface area contributed by atoms with Crippen molar-refractivity contribution in [1.29, 1.82) is 0 Å². The summed E-state index contributed by atoms with van der Waals surface area (Å²) in [6.07, 6.45) is 0.367. The number of hydrogen-bond donors (Lipinski definition) is 1. The summed E-state index contributed by atoms with van der Waals surface area (Å²) in [7, 11) is 6.25. The van der Waals surface area contributed by atoms with Crippen molar-refractivity contribution in [2.45, 2.75) is 12.5 Å². The molecule has 1 unspecified atom stereocenters. The predicted molar refractivity (Wildman–Crippen MR) is 121 cm³/mol. The number of piperazine rings is 1. The molecule has 1 N–H and O–H groups in total. The molecular formula is C23H31ClN4O. The number of halogens is 1. The number of carbonyl (C=O) groups is 1. The Morgan fingerprint density at radius 2 is 1.66 bits per heavy atom. The lowest BCUT2D eigenvalue weighted by Crippen LogP contribution is -2.48. The lowest BCUT2D eigenvalue weighted by Gasteiger charge is -2.38. The Labute approximate surface area is 179 Å². The number of amides is 1. The minimum atomic E-state index is 0.0383. The average Bonchev–Trinajstić information content (AvgIpc) is 2.71. The van der Waals surface area contributed by atoms with E-state index in [-0.39, 0.29) is 11.9 Å². The molecule has 5 nitrogen and oxygen atoms in total. The largest absolute Gasteiger partial charge is 0.378 e. The highest BCUT2D eigenvalue weighted by molar-refractivity contribution is 6.30. The van der Waals surface area contributed by atoms with Crippen LogP contribution in [0.4, 0.5) is 5.69 Å². The first-order chi connectivity index (χ1) is 13.9. The number of carbonyl (C=O) groups excluding carboxylic acids is 1.